The van der Waals surface area contributed by atoms with Crippen molar-refractivity contribution in [1.29, 1.82) is 0 Å². The summed E-state index contributed by atoms with van der Waals surface area (Å²) < 4.78 is 5.54. The Morgan fingerprint density at radius 2 is 1.93 bits per heavy atom. The molecule has 2 N–H and O–H groups in total. The van der Waals surface area contributed by atoms with Crippen LogP contribution in [0.5, 0.6) is 0 Å². The maximum atomic E-state index is 11.2. The van der Waals surface area contributed by atoms with Gasteiger partial charge in [0.2, 0.25) is 11.8 Å². The molecule has 1 aliphatic heterocycles. The van der Waals surface area contributed by atoms with E-state index in [0.29, 0.717) is 37.6 Å². The molecule has 3 aromatic rings. The number of hydrogen-bond acceptors (Lipinski definition) is 6. The third kappa shape index (κ3) is 4.88. The Morgan fingerprint density at radius 3 is 2.66 bits per heavy atom. The van der Waals surface area contributed by atoms with Crippen molar-refractivity contribution in [3.63, 3.8) is 0 Å². The molecule has 29 heavy (non-hydrogen) atoms. The first-order valence-electron chi connectivity index (χ1n) is 9.72. The molecule has 7 heteroatoms. The molecule has 1 amide bonds. The largest absolute Gasteiger partial charge is 0.392 e. The Kier molecular flexibility index (Phi) is 5.69. The summed E-state index contributed by atoms with van der Waals surface area (Å²) in [6.07, 6.45) is 0.754. The van der Waals surface area contributed by atoms with Gasteiger partial charge in [-0.1, -0.05) is 47.6 Å². The molecule has 0 spiro atoms. The molecular weight excluding hydrogens is 368 g/mol. The summed E-state index contributed by atoms with van der Waals surface area (Å²) in [5.41, 5.74) is 2.98. The van der Waals surface area contributed by atoms with E-state index in [2.05, 4.69) is 20.4 Å². The van der Waals surface area contributed by atoms with Crippen molar-refractivity contribution in [2.75, 3.05) is 11.9 Å². The first kappa shape index (κ1) is 19.3. The number of aliphatic hydroxyl groups is 1. The van der Waals surface area contributed by atoms with Crippen LogP contribution in [0.25, 0.3) is 0 Å². The molecule has 2 atom stereocenters. The molecule has 7 nitrogen and oxygen atoms in total. The maximum absolute atomic E-state index is 11.2. The van der Waals surface area contributed by atoms with Gasteiger partial charge in [0.05, 0.1) is 12.1 Å². The number of anilines is 1. The lowest BCUT2D eigenvalue weighted by atomic mass is 10.1. The lowest BCUT2D eigenvalue weighted by Crippen LogP contribution is -2.24. The van der Waals surface area contributed by atoms with Gasteiger partial charge in [0, 0.05) is 32.1 Å². The van der Waals surface area contributed by atoms with Crippen LogP contribution < -0.4 is 5.32 Å². The summed E-state index contributed by atoms with van der Waals surface area (Å²) in [4.78, 5) is 17.9. The highest BCUT2D eigenvalue weighted by atomic mass is 16.5. The first-order chi connectivity index (χ1) is 14.1. The van der Waals surface area contributed by atoms with Crippen LogP contribution in [0, 0.1) is 0 Å². The van der Waals surface area contributed by atoms with Crippen LogP contribution in [0.4, 0.5) is 5.69 Å². The number of nitrogens with one attached hydrogen (secondary N) is 1. The minimum atomic E-state index is -0.428. The molecule has 0 saturated carbocycles. The zero-order valence-corrected chi connectivity index (χ0v) is 16.3. The van der Waals surface area contributed by atoms with Gasteiger partial charge in [0.1, 0.15) is 0 Å². The second kappa shape index (κ2) is 8.55. The van der Waals surface area contributed by atoms with Crippen LogP contribution in [0.15, 0.2) is 59.1 Å². The number of rotatable bonds is 6. The number of carbonyl (C=O) groups excluding carboxylic acids is 1. The van der Waals surface area contributed by atoms with Crippen molar-refractivity contribution in [3.8, 4) is 0 Å². The van der Waals surface area contributed by atoms with E-state index in [-0.39, 0.29) is 11.9 Å². The summed E-state index contributed by atoms with van der Waals surface area (Å²) in [5.74, 6) is 1.10. The molecule has 1 aliphatic rings. The maximum Gasteiger partial charge on any atom is 0.244 e. The normalized spacial score (nSPS) is 19.4. The van der Waals surface area contributed by atoms with Gasteiger partial charge >= 0.3 is 0 Å². The molecule has 1 saturated heterocycles. The monoisotopic (exact) mass is 392 g/mol. The van der Waals surface area contributed by atoms with Gasteiger partial charge in [-0.05, 0) is 29.7 Å². The average molecular weight is 392 g/mol. The third-order valence-electron chi connectivity index (χ3n) is 5.02. The van der Waals surface area contributed by atoms with Crippen LogP contribution in [-0.2, 0) is 17.8 Å². The van der Waals surface area contributed by atoms with E-state index in [1.807, 2.05) is 54.6 Å². The topological polar surface area (TPSA) is 91.5 Å². The molecule has 2 heterocycles. The van der Waals surface area contributed by atoms with Crippen LogP contribution in [-0.4, -0.2) is 38.7 Å². The minimum absolute atomic E-state index is 0.0943. The third-order valence-corrected chi connectivity index (χ3v) is 5.02. The smallest absolute Gasteiger partial charge is 0.244 e. The number of carbonyl (C=O) groups is 1. The molecule has 1 aromatic heterocycles. The molecule has 0 aliphatic carbocycles. The second-order valence-electron chi connectivity index (χ2n) is 7.42. The Bertz CT molecular complexity index is 956. The van der Waals surface area contributed by atoms with Gasteiger partial charge < -0.3 is 14.9 Å². The van der Waals surface area contributed by atoms with Gasteiger partial charge in [-0.15, -0.1) is 0 Å². The number of benzene rings is 2. The molecule has 4 rings (SSSR count). The van der Waals surface area contributed by atoms with Crippen molar-refractivity contribution in [3.05, 3.63) is 77.4 Å². The number of nitrogens with zero attached hydrogens (tertiary/aromatic N) is 3. The highest BCUT2D eigenvalue weighted by Gasteiger charge is 2.35. The number of β-amino-alcohol motifs (C(OH)–C–C–N with tert-alkyl or cyclic N) is 1. The number of likely N-dealkylation sites (tertiary alicyclic amines) is 1. The van der Waals surface area contributed by atoms with Gasteiger partial charge in [-0.25, -0.2) is 0 Å². The van der Waals surface area contributed by atoms with Gasteiger partial charge in [-0.2, -0.15) is 4.98 Å². The van der Waals surface area contributed by atoms with Gasteiger partial charge in [0.15, 0.2) is 5.82 Å². The summed E-state index contributed by atoms with van der Waals surface area (Å²) in [5, 5.41) is 17.1. The van der Waals surface area contributed by atoms with E-state index in [1.165, 1.54) is 6.92 Å². The number of aliphatic hydroxyl groups excluding tert-OH is 1. The standard InChI is InChI=1S/C22H24N4O3/c1-15(27)23-18-9-7-17(8-10-18)13-26-14-19(28)12-20(26)22-24-21(25-29-22)11-16-5-3-2-4-6-16/h2-10,19-20,28H,11-14H2,1H3,(H,23,27)/t19-,20+/m1/s1. The SMILES string of the molecule is CC(=O)Nc1ccc(CN2C[C@H](O)C[C@H]2c2nc(Cc3ccccc3)no2)cc1. The molecule has 0 radical (unpaired) electrons. The van der Waals surface area contributed by atoms with Crippen LogP contribution in [0.2, 0.25) is 0 Å². The van der Waals surface area contributed by atoms with Crippen molar-refractivity contribution >= 4 is 11.6 Å². The van der Waals surface area contributed by atoms with E-state index in [0.717, 1.165) is 16.8 Å². The predicted molar refractivity (Wildman–Crippen MR) is 108 cm³/mol. The Hall–Kier alpha value is -3.03. The quantitative estimate of drug-likeness (QED) is 0.670. The summed E-state index contributed by atoms with van der Waals surface area (Å²) in [6.45, 7) is 2.69. The average Bonchev–Trinajstić information content (AvgIpc) is 3.30. The highest BCUT2D eigenvalue weighted by Crippen LogP contribution is 2.32. The van der Waals surface area contributed by atoms with E-state index >= 15 is 0 Å². The lowest BCUT2D eigenvalue weighted by molar-refractivity contribution is -0.114. The fraction of sp³-hybridized carbons (Fsp3) is 0.318. The lowest BCUT2D eigenvalue weighted by Gasteiger charge is -2.21. The molecule has 2 aromatic carbocycles. The van der Waals surface area contributed by atoms with Crippen LogP contribution >= 0.6 is 0 Å². The van der Waals surface area contributed by atoms with Crippen molar-refractivity contribution in [2.45, 2.75) is 38.5 Å². The van der Waals surface area contributed by atoms with E-state index in [1.54, 1.807) is 0 Å². The van der Waals surface area contributed by atoms with E-state index in [4.69, 9.17) is 4.52 Å². The predicted octanol–water partition coefficient (Wildman–Crippen LogP) is 2.93. The van der Waals surface area contributed by atoms with E-state index in [9.17, 15) is 9.90 Å². The number of aromatic nitrogens is 2. The van der Waals surface area contributed by atoms with Crippen molar-refractivity contribution < 1.29 is 14.4 Å². The summed E-state index contributed by atoms with van der Waals surface area (Å²) in [6, 6.07) is 17.6. The molecule has 1 fully saturated rings. The molecular formula is C22H24N4O3. The Morgan fingerprint density at radius 1 is 1.17 bits per heavy atom. The van der Waals surface area contributed by atoms with Crippen LogP contribution in [0.3, 0.4) is 0 Å². The van der Waals surface area contributed by atoms with Crippen molar-refractivity contribution in [1.82, 2.24) is 15.0 Å². The highest BCUT2D eigenvalue weighted by molar-refractivity contribution is 5.88. The first-order valence-corrected chi connectivity index (χ1v) is 9.72. The fourth-order valence-corrected chi connectivity index (χ4v) is 3.70. The van der Waals surface area contributed by atoms with Crippen molar-refractivity contribution in [2.24, 2.45) is 0 Å². The van der Waals surface area contributed by atoms with E-state index < -0.39 is 6.10 Å². The zero-order valence-electron chi connectivity index (χ0n) is 16.3. The molecule has 0 bridgehead atoms. The van der Waals surface area contributed by atoms with Gasteiger partial charge in [0.25, 0.3) is 0 Å². The van der Waals surface area contributed by atoms with Gasteiger partial charge in [-0.3, -0.25) is 9.69 Å². The summed E-state index contributed by atoms with van der Waals surface area (Å²) in [7, 11) is 0. The minimum Gasteiger partial charge on any atom is -0.392 e. The zero-order chi connectivity index (χ0) is 20.2. The fourth-order valence-electron chi connectivity index (χ4n) is 3.70. The molecule has 150 valence electrons. The molecule has 0 unspecified atom stereocenters. The summed E-state index contributed by atoms with van der Waals surface area (Å²) >= 11 is 0. The number of amides is 1. The number of hydrogen-bond donors (Lipinski definition) is 2. The Labute approximate surface area is 169 Å². The van der Waals surface area contributed by atoms with Crippen LogP contribution in [0.1, 0.15) is 42.2 Å². The second-order valence-corrected chi connectivity index (χ2v) is 7.42. The Balaban J connectivity index is 1.45.